The van der Waals surface area contributed by atoms with Crippen LogP contribution in [0.25, 0.3) is 10.9 Å². The first-order valence-corrected chi connectivity index (χ1v) is 8.82. The van der Waals surface area contributed by atoms with Crippen LogP contribution >= 0.6 is 0 Å². The second kappa shape index (κ2) is 5.95. The summed E-state index contributed by atoms with van der Waals surface area (Å²) in [4.78, 5) is 26.0. The third-order valence-electron chi connectivity index (χ3n) is 5.28. The van der Waals surface area contributed by atoms with E-state index >= 15 is 4.39 Å². The van der Waals surface area contributed by atoms with Crippen LogP contribution in [0.1, 0.15) is 41.7 Å². The Balaban J connectivity index is 1.98. The fourth-order valence-electron chi connectivity index (χ4n) is 3.79. The molecular formula is C19H22FN3O2. The summed E-state index contributed by atoms with van der Waals surface area (Å²) < 4.78 is 17.1. The minimum Gasteiger partial charge on any atom is -0.366 e. The molecule has 0 spiro atoms. The van der Waals surface area contributed by atoms with E-state index in [4.69, 9.17) is 0 Å². The van der Waals surface area contributed by atoms with Gasteiger partial charge in [0.2, 0.25) is 0 Å². The van der Waals surface area contributed by atoms with E-state index in [-0.39, 0.29) is 22.9 Å². The number of hydrogen-bond acceptors (Lipinski definition) is 4. The molecule has 0 amide bonds. The first-order chi connectivity index (χ1) is 12.0. The molecule has 1 aromatic heterocycles. The standard InChI is InChI=1S/C19H22FN3O2/c1-11-8-22(6-5-21-11)16-7-15-17(12(2)18(16)20)19(25)13(10-24)9-23(15)14-3-4-14/h7,9-11,14,21H,3-6,8H2,1-2H3. The molecule has 0 bridgehead atoms. The fraction of sp³-hybridized carbons (Fsp3) is 0.474. The van der Waals surface area contributed by atoms with Gasteiger partial charge in [-0.15, -0.1) is 0 Å². The molecule has 1 aromatic carbocycles. The Bertz CT molecular complexity index is 917. The molecule has 1 unspecified atom stereocenters. The van der Waals surface area contributed by atoms with Gasteiger partial charge in [-0.3, -0.25) is 9.59 Å². The lowest BCUT2D eigenvalue weighted by molar-refractivity contribution is 0.112. The molecule has 6 heteroatoms. The maximum atomic E-state index is 15.1. The Hall–Kier alpha value is -2.21. The smallest absolute Gasteiger partial charge is 0.200 e. The van der Waals surface area contributed by atoms with E-state index in [9.17, 15) is 9.59 Å². The van der Waals surface area contributed by atoms with Crippen LogP contribution in [0.2, 0.25) is 0 Å². The van der Waals surface area contributed by atoms with Gasteiger partial charge in [-0.2, -0.15) is 0 Å². The molecule has 2 heterocycles. The van der Waals surface area contributed by atoms with Crippen molar-refractivity contribution in [2.75, 3.05) is 24.5 Å². The molecule has 25 heavy (non-hydrogen) atoms. The highest BCUT2D eigenvalue weighted by atomic mass is 19.1. The van der Waals surface area contributed by atoms with Crippen LogP contribution in [0.3, 0.4) is 0 Å². The fourth-order valence-corrected chi connectivity index (χ4v) is 3.79. The lowest BCUT2D eigenvalue weighted by Gasteiger charge is -2.34. The quantitative estimate of drug-likeness (QED) is 0.870. The highest BCUT2D eigenvalue weighted by Gasteiger charge is 2.28. The van der Waals surface area contributed by atoms with Gasteiger partial charge in [0.25, 0.3) is 0 Å². The summed E-state index contributed by atoms with van der Waals surface area (Å²) in [6, 6.07) is 2.37. The molecule has 0 radical (unpaired) electrons. The first-order valence-electron chi connectivity index (χ1n) is 8.82. The summed E-state index contributed by atoms with van der Waals surface area (Å²) in [5, 5.41) is 3.69. The molecule has 132 valence electrons. The zero-order valence-corrected chi connectivity index (χ0v) is 14.5. The van der Waals surface area contributed by atoms with E-state index in [1.165, 1.54) is 0 Å². The van der Waals surface area contributed by atoms with Crippen molar-refractivity contribution < 1.29 is 9.18 Å². The van der Waals surface area contributed by atoms with Crippen molar-refractivity contribution in [3.05, 3.63) is 39.4 Å². The van der Waals surface area contributed by atoms with Crippen molar-refractivity contribution in [1.82, 2.24) is 9.88 Å². The number of benzene rings is 1. The molecule has 1 saturated heterocycles. The van der Waals surface area contributed by atoms with Gasteiger partial charge in [-0.25, -0.2) is 4.39 Å². The Labute approximate surface area is 145 Å². The predicted octanol–water partition coefficient (Wildman–Crippen LogP) is 2.39. The number of pyridine rings is 1. The van der Waals surface area contributed by atoms with Crippen LogP contribution in [-0.4, -0.2) is 36.5 Å². The van der Waals surface area contributed by atoms with Crippen molar-refractivity contribution >= 4 is 22.9 Å². The Kier molecular flexibility index (Phi) is 3.87. The number of aryl methyl sites for hydroxylation is 1. The van der Waals surface area contributed by atoms with Gasteiger partial charge in [0.05, 0.1) is 22.2 Å². The number of aromatic nitrogens is 1. The molecule has 5 nitrogen and oxygen atoms in total. The van der Waals surface area contributed by atoms with Gasteiger partial charge in [0, 0.05) is 43.5 Å². The summed E-state index contributed by atoms with van der Waals surface area (Å²) in [6.45, 7) is 5.97. The van der Waals surface area contributed by atoms with Crippen molar-refractivity contribution in [3.8, 4) is 0 Å². The summed E-state index contributed by atoms with van der Waals surface area (Å²) in [5.74, 6) is -0.357. The van der Waals surface area contributed by atoms with Crippen LogP contribution < -0.4 is 15.6 Å². The van der Waals surface area contributed by atoms with E-state index in [1.54, 1.807) is 19.2 Å². The van der Waals surface area contributed by atoms with Gasteiger partial charge >= 0.3 is 0 Å². The number of carbonyl (C=O) groups is 1. The zero-order valence-electron chi connectivity index (χ0n) is 14.5. The van der Waals surface area contributed by atoms with E-state index < -0.39 is 0 Å². The highest BCUT2D eigenvalue weighted by Crippen LogP contribution is 2.39. The second-order valence-corrected chi connectivity index (χ2v) is 7.20. The van der Waals surface area contributed by atoms with Gasteiger partial charge in [0.15, 0.2) is 11.7 Å². The van der Waals surface area contributed by atoms with Crippen LogP contribution in [0, 0.1) is 12.7 Å². The third-order valence-corrected chi connectivity index (χ3v) is 5.28. The summed E-state index contributed by atoms with van der Waals surface area (Å²) in [6.07, 6.45) is 4.25. The van der Waals surface area contributed by atoms with E-state index in [0.717, 1.165) is 38.0 Å². The number of aldehydes is 1. The van der Waals surface area contributed by atoms with Crippen LogP contribution in [0.4, 0.5) is 10.1 Å². The molecule has 1 saturated carbocycles. The molecule has 1 atom stereocenters. The van der Waals surface area contributed by atoms with Crippen LogP contribution in [0.5, 0.6) is 0 Å². The lowest BCUT2D eigenvalue weighted by atomic mass is 10.0. The first kappa shape index (κ1) is 16.3. The molecule has 2 aromatic rings. The third kappa shape index (κ3) is 2.65. The molecule has 1 aliphatic heterocycles. The Morgan fingerprint density at radius 3 is 2.76 bits per heavy atom. The number of nitrogens with zero attached hydrogens (tertiary/aromatic N) is 2. The summed E-state index contributed by atoms with van der Waals surface area (Å²) in [7, 11) is 0. The number of piperazine rings is 1. The van der Waals surface area contributed by atoms with E-state index in [0.29, 0.717) is 29.0 Å². The highest BCUT2D eigenvalue weighted by molar-refractivity contribution is 5.91. The summed E-state index contributed by atoms with van der Waals surface area (Å²) >= 11 is 0. The minimum atomic E-state index is -0.376. The van der Waals surface area contributed by atoms with Gasteiger partial charge in [-0.1, -0.05) is 0 Å². The average molecular weight is 343 g/mol. The maximum absolute atomic E-state index is 15.1. The summed E-state index contributed by atoms with van der Waals surface area (Å²) in [5.41, 5.74) is 1.34. The topological polar surface area (TPSA) is 54.3 Å². The normalized spacial score (nSPS) is 20.9. The zero-order chi connectivity index (χ0) is 17.7. The average Bonchev–Trinajstić information content (AvgIpc) is 3.43. The van der Waals surface area contributed by atoms with Gasteiger partial charge < -0.3 is 14.8 Å². The second-order valence-electron chi connectivity index (χ2n) is 7.20. The van der Waals surface area contributed by atoms with Crippen molar-refractivity contribution in [2.24, 2.45) is 0 Å². The predicted molar refractivity (Wildman–Crippen MR) is 96.2 cm³/mol. The molecule has 2 aliphatic rings. The van der Waals surface area contributed by atoms with E-state index in [1.807, 2.05) is 9.47 Å². The number of carbonyl (C=O) groups excluding carboxylic acids is 1. The molecule has 2 fully saturated rings. The largest absolute Gasteiger partial charge is 0.366 e. The monoisotopic (exact) mass is 343 g/mol. The van der Waals surface area contributed by atoms with Gasteiger partial charge in [0.1, 0.15) is 5.82 Å². The van der Waals surface area contributed by atoms with Crippen molar-refractivity contribution in [3.63, 3.8) is 0 Å². The number of nitrogens with one attached hydrogen (secondary N) is 1. The Morgan fingerprint density at radius 1 is 1.36 bits per heavy atom. The lowest BCUT2D eigenvalue weighted by Crippen LogP contribution is -2.49. The SMILES string of the molecule is Cc1c(F)c(N2CCNC(C)C2)cc2c1c(=O)c(C=O)cn2C1CC1. The van der Waals surface area contributed by atoms with Gasteiger partial charge in [-0.05, 0) is 32.8 Å². The molecular weight excluding hydrogens is 321 g/mol. The Morgan fingerprint density at radius 2 is 2.12 bits per heavy atom. The van der Waals surface area contributed by atoms with E-state index in [2.05, 4.69) is 12.2 Å². The van der Waals surface area contributed by atoms with Crippen molar-refractivity contribution in [1.29, 1.82) is 0 Å². The number of hydrogen-bond donors (Lipinski definition) is 1. The molecule has 1 aliphatic carbocycles. The number of halogens is 1. The van der Waals surface area contributed by atoms with Crippen LogP contribution in [0.15, 0.2) is 17.1 Å². The number of anilines is 1. The van der Waals surface area contributed by atoms with Crippen LogP contribution in [-0.2, 0) is 0 Å². The molecule has 1 N–H and O–H groups in total. The minimum absolute atomic E-state index is 0.102. The molecule has 4 rings (SSSR count). The maximum Gasteiger partial charge on any atom is 0.200 e. The number of fused-ring (bicyclic) bond motifs is 1. The van der Waals surface area contributed by atoms with Crippen molar-refractivity contribution in [2.45, 2.75) is 38.8 Å². The number of rotatable bonds is 3.